The van der Waals surface area contributed by atoms with E-state index in [2.05, 4.69) is 15.4 Å². The average molecular weight is 378 g/mol. The summed E-state index contributed by atoms with van der Waals surface area (Å²) in [5.74, 6) is 1.37. The van der Waals surface area contributed by atoms with Gasteiger partial charge in [0.1, 0.15) is 11.5 Å². The van der Waals surface area contributed by atoms with Gasteiger partial charge in [0.05, 0.1) is 29.2 Å². The van der Waals surface area contributed by atoms with Crippen LogP contribution >= 0.6 is 0 Å². The van der Waals surface area contributed by atoms with Crippen molar-refractivity contribution in [2.45, 2.75) is 32.7 Å². The van der Waals surface area contributed by atoms with Gasteiger partial charge in [-0.25, -0.2) is 4.98 Å². The molecule has 4 rings (SSSR count). The van der Waals surface area contributed by atoms with Crippen LogP contribution < -0.4 is 5.32 Å². The van der Waals surface area contributed by atoms with Gasteiger partial charge in [-0.05, 0) is 50.6 Å². The number of aryl methyl sites for hydroxylation is 3. The number of fused-ring (bicyclic) bond motifs is 1. The van der Waals surface area contributed by atoms with Crippen LogP contribution in [0.2, 0.25) is 0 Å². The molecule has 0 aliphatic heterocycles. The zero-order valence-electron chi connectivity index (χ0n) is 16.1. The molecule has 144 valence electrons. The maximum atomic E-state index is 13.1. The molecule has 0 fully saturated rings. The third-order valence-corrected chi connectivity index (χ3v) is 4.77. The predicted molar refractivity (Wildman–Crippen MR) is 105 cm³/mol. The molecule has 28 heavy (non-hydrogen) atoms. The molecule has 0 aliphatic rings. The van der Waals surface area contributed by atoms with E-state index in [1.54, 1.807) is 29.3 Å². The number of hydrogen-bond acceptors (Lipinski definition) is 5. The molecule has 0 bridgehead atoms. The monoisotopic (exact) mass is 378 g/mol. The average Bonchev–Trinajstić information content (AvgIpc) is 3.42. The molecule has 1 amide bonds. The Morgan fingerprint density at radius 1 is 1.25 bits per heavy atom. The van der Waals surface area contributed by atoms with Crippen molar-refractivity contribution < 1.29 is 13.6 Å². The number of rotatable bonds is 6. The fraction of sp³-hybridized carbons (Fsp3) is 0.286. The molecule has 1 N–H and O–H groups in total. The van der Waals surface area contributed by atoms with Crippen LogP contribution in [0.1, 0.15) is 35.2 Å². The maximum Gasteiger partial charge on any atom is 0.252 e. The Balaban J connectivity index is 1.63. The minimum absolute atomic E-state index is 0.00939. The minimum atomic E-state index is -0.150. The van der Waals surface area contributed by atoms with Gasteiger partial charge in [-0.2, -0.15) is 5.10 Å². The summed E-state index contributed by atoms with van der Waals surface area (Å²) in [6.07, 6.45) is 4.80. The van der Waals surface area contributed by atoms with E-state index in [0.29, 0.717) is 22.7 Å². The highest BCUT2D eigenvalue weighted by atomic mass is 16.3. The fourth-order valence-corrected chi connectivity index (χ4v) is 3.36. The molecule has 0 saturated carbocycles. The summed E-state index contributed by atoms with van der Waals surface area (Å²) in [7, 11) is 1.82. The second-order valence-electron chi connectivity index (χ2n) is 6.93. The fourth-order valence-electron chi connectivity index (χ4n) is 3.36. The number of nitrogens with one attached hydrogen (secondary N) is 1. The maximum absolute atomic E-state index is 13.1. The van der Waals surface area contributed by atoms with E-state index in [-0.39, 0.29) is 11.9 Å². The molecule has 7 heteroatoms. The van der Waals surface area contributed by atoms with E-state index in [4.69, 9.17) is 8.83 Å². The molecule has 0 spiro atoms. The van der Waals surface area contributed by atoms with Crippen LogP contribution in [0.15, 0.2) is 51.7 Å². The lowest BCUT2D eigenvalue weighted by atomic mass is 10.1. The van der Waals surface area contributed by atoms with Crippen molar-refractivity contribution in [1.82, 2.24) is 20.1 Å². The SMILES string of the molecule is Cc1nn(C)c2nc(-c3ccco3)cc(C(=O)N[C@H](C)CCc3ccco3)c12. The van der Waals surface area contributed by atoms with Gasteiger partial charge in [-0.15, -0.1) is 0 Å². The smallest absolute Gasteiger partial charge is 0.252 e. The lowest BCUT2D eigenvalue weighted by molar-refractivity contribution is 0.0939. The molecular formula is C21H22N4O3. The highest BCUT2D eigenvalue weighted by Gasteiger charge is 2.21. The van der Waals surface area contributed by atoms with Gasteiger partial charge in [0.2, 0.25) is 0 Å². The van der Waals surface area contributed by atoms with Crippen LogP contribution in [0.3, 0.4) is 0 Å². The van der Waals surface area contributed by atoms with E-state index in [0.717, 1.165) is 29.7 Å². The van der Waals surface area contributed by atoms with Crippen molar-refractivity contribution in [3.05, 3.63) is 59.9 Å². The van der Waals surface area contributed by atoms with Crippen LogP contribution in [-0.2, 0) is 13.5 Å². The van der Waals surface area contributed by atoms with Gasteiger partial charge < -0.3 is 14.2 Å². The first-order valence-electron chi connectivity index (χ1n) is 9.24. The van der Waals surface area contributed by atoms with Crippen molar-refractivity contribution in [2.75, 3.05) is 0 Å². The molecule has 7 nitrogen and oxygen atoms in total. The Hall–Kier alpha value is -3.35. The van der Waals surface area contributed by atoms with Gasteiger partial charge >= 0.3 is 0 Å². The van der Waals surface area contributed by atoms with Gasteiger partial charge in [0.25, 0.3) is 5.91 Å². The van der Waals surface area contributed by atoms with Crippen molar-refractivity contribution in [1.29, 1.82) is 0 Å². The summed E-state index contributed by atoms with van der Waals surface area (Å²) < 4.78 is 12.5. The zero-order valence-corrected chi connectivity index (χ0v) is 16.1. The van der Waals surface area contributed by atoms with E-state index in [1.165, 1.54) is 0 Å². The summed E-state index contributed by atoms with van der Waals surface area (Å²) in [5, 5.41) is 8.28. The van der Waals surface area contributed by atoms with Gasteiger partial charge in [0.15, 0.2) is 11.4 Å². The molecule has 0 saturated heterocycles. The number of amides is 1. The Morgan fingerprint density at radius 3 is 2.75 bits per heavy atom. The summed E-state index contributed by atoms with van der Waals surface area (Å²) in [6, 6.07) is 9.19. The topological polar surface area (TPSA) is 86.1 Å². The number of carbonyl (C=O) groups excluding carboxylic acids is 1. The molecule has 0 aliphatic carbocycles. The lowest BCUT2D eigenvalue weighted by Gasteiger charge is -2.14. The highest BCUT2D eigenvalue weighted by molar-refractivity contribution is 6.07. The molecule has 0 unspecified atom stereocenters. The molecular weight excluding hydrogens is 356 g/mol. The van der Waals surface area contributed by atoms with E-state index in [9.17, 15) is 4.79 Å². The largest absolute Gasteiger partial charge is 0.469 e. The van der Waals surface area contributed by atoms with Gasteiger partial charge in [-0.3, -0.25) is 9.48 Å². The Labute approximate surface area is 162 Å². The first-order chi connectivity index (χ1) is 13.5. The Bertz CT molecular complexity index is 1090. The van der Waals surface area contributed by atoms with Gasteiger partial charge in [0, 0.05) is 19.5 Å². The van der Waals surface area contributed by atoms with Crippen LogP contribution in [0.5, 0.6) is 0 Å². The number of nitrogens with zero attached hydrogens (tertiary/aromatic N) is 3. The summed E-state index contributed by atoms with van der Waals surface area (Å²) in [6.45, 7) is 3.87. The summed E-state index contributed by atoms with van der Waals surface area (Å²) in [4.78, 5) is 17.7. The molecule has 4 heterocycles. The lowest BCUT2D eigenvalue weighted by Crippen LogP contribution is -2.33. The van der Waals surface area contributed by atoms with Gasteiger partial charge in [-0.1, -0.05) is 0 Å². The quantitative estimate of drug-likeness (QED) is 0.550. The minimum Gasteiger partial charge on any atom is -0.469 e. The number of carbonyl (C=O) groups is 1. The second kappa shape index (κ2) is 7.34. The third-order valence-electron chi connectivity index (χ3n) is 4.77. The van der Waals surface area contributed by atoms with Crippen LogP contribution in [0, 0.1) is 6.92 Å². The summed E-state index contributed by atoms with van der Waals surface area (Å²) in [5.41, 5.74) is 2.57. The first kappa shape index (κ1) is 18.0. The number of furan rings is 2. The number of pyridine rings is 1. The summed E-state index contributed by atoms with van der Waals surface area (Å²) >= 11 is 0. The number of aromatic nitrogens is 3. The Kier molecular flexibility index (Phi) is 4.73. The van der Waals surface area contributed by atoms with Crippen molar-refractivity contribution >= 4 is 16.9 Å². The van der Waals surface area contributed by atoms with E-state index >= 15 is 0 Å². The Morgan fingerprint density at radius 2 is 2.04 bits per heavy atom. The van der Waals surface area contributed by atoms with Crippen molar-refractivity contribution in [3.63, 3.8) is 0 Å². The van der Waals surface area contributed by atoms with Crippen LogP contribution in [-0.4, -0.2) is 26.7 Å². The van der Waals surface area contributed by atoms with Crippen LogP contribution in [0.25, 0.3) is 22.5 Å². The second-order valence-corrected chi connectivity index (χ2v) is 6.93. The molecule has 1 atom stereocenters. The normalized spacial score (nSPS) is 12.4. The first-order valence-corrected chi connectivity index (χ1v) is 9.24. The van der Waals surface area contributed by atoms with Crippen LogP contribution in [0.4, 0.5) is 0 Å². The van der Waals surface area contributed by atoms with Crippen molar-refractivity contribution in [3.8, 4) is 11.5 Å². The predicted octanol–water partition coefficient (Wildman–Crippen LogP) is 3.88. The van der Waals surface area contributed by atoms with E-state index in [1.807, 2.05) is 39.1 Å². The molecule has 0 aromatic carbocycles. The standard InChI is InChI=1S/C21H22N4O3/c1-13(8-9-15-6-4-10-27-15)22-21(26)16-12-17(18-7-5-11-28-18)23-20-19(16)14(2)24-25(20)3/h4-7,10-13H,8-9H2,1-3H3,(H,22,26)/t13-/m1/s1. The van der Waals surface area contributed by atoms with Crippen molar-refractivity contribution in [2.24, 2.45) is 7.05 Å². The molecule has 4 aromatic rings. The number of hydrogen-bond donors (Lipinski definition) is 1. The molecule has 4 aromatic heterocycles. The highest BCUT2D eigenvalue weighted by Crippen LogP contribution is 2.27. The molecule has 0 radical (unpaired) electrons. The van der Waals surface area contributed by atoms with E-state index < -0.39 is 0 Å². The zero-order chi connectivity index (χ0) is 19.7. The third kappa shape index (κ3) is 3.43.